The third kappa shape index (κ3) is 5.90. The molecular formula is C21H26N10O10P2S2. The Morgan fingerprint density at radius 2 is 1.89 bits per heavy atom. The van der Waals surface area contributed by atoms with Gasteiger partial charge in [-0.05, 0) is 24.6 Å². The zero-order valence-electron chi connectivity index (χ0n) is 22.8. The summed E-state index contributed by atoms with van der Waals surface area (Å²) in [5.41, 5.74) is 10.7. The van der Waals surface area contributed by atoms with Crippen molar-refractivity contribution in [2.24, 2.45) is 0 Å². The molecule has 7 heterocycles. The van der Waals surface area contributed by atoms with Gasteiger partial charge in [-0.2, -0.15) is 4.98 Å². The van der Waals surface area contributed by atoms with Gasteiger partial charge in [-0.3, -0.25) is 28.0 Å². The van der Waals surface area contributed by atoms with E-state index in [1.807, 2.05) is 0 Å². The lowest BCUT2D eigenvalue weighted by atomic mass is 10.0. The van der Waals surface area contributed by atoms with Crippen LogP contribution < -0.4 is 17.0 Å². The number of nitrogens with one attached hydrogen (secondary N) is 1. The van der Waals surface area contributed by atoms with E-state index in [1.54, 1.807) is 9.13 Å². The highest BCUT2D eigenvalue weighted by molar-refractivity contribution is 8.44. The number of fused-ring (bicyclic) bond motifs is 4. The van der Waals surface area contributed by atoms with Crippen LogP contribution in [0, 0.1) is 0 Å². The van der Waals surface area contributed by atoms with Crippen molar-refractivity contribution in [2.45, 2.75) is 55.8 Å². The molecule has 45 heavy (non-hydrogen) atoms. The minimum absolute atomic E-state index is 0.0558. The third-order valence-corrected chi connectivity index (χ3v) is 9.90. The SMILES string of the molecule is Nc1nc2c(ncn2[C@H]2CC[C@@H](COP(O)(=S)OC3O[C@@H]4C[C@@]3(COP(=O)(O)S)O[C@H]4n3cnc4c(N)ncnc43)O2)c(=O)[nH]1. The van der Waals surface area contributed by atoms with Crippen molar-refractivity contribution in [1.29, 1.82) is 0 Å². The first-order valence-corrected chi connectivity index (χ1v) is 18.6. The van der Waals surface area contributed by atoms with E-state index in [2.05, 4.69) is 42.2 Å². The maximum Gasteiger partial charge on any atom is 0.383 e. The summed E-state index contributed by atoms with van der Waals surface area (Å²) in [6.45, 7) is -8.88. The molecule has 3 aliphatic heterocycles. The fraction of sp³-hybridized carbons (Fsp3) is 0.524. The molecule has 7 rings (SSSR count). The van der Waals surface area contributed by atoms with Crippen molar-refractivity contribution in [3.8, 4) is 0 Å². The maximum atomic E-state index is 12.1. The Kier molecular flexibility index (Phi) is 7.78. The fourth-order valence-corrected chi connectivity index (χ4v) is 7.50. The number of imidazole rings is 2. The Balaban J connectivity index is 1.03. The number of nitrogen functional groups attached to an aromatic ring is 2. The van der Waals surface area contributed by atoms with Crippen molar-refractivity contribution >= 4 is 71.7 Å². The van der Waals surface area contributed by atoms with E-state index >= 15 is 0 Å². The van der Waals surface area contributed by atoms with Crippen LogP contribution in [0.1, 0.15) is 31.7 Å². The Bertz CT molecular complexity index is 1940. The Labute approximate surface area is 262 Å². The quantitative estimate of drug-likeness (QED) is 0.0967. The number of hydrogen-bond donors (Lipinski definition) is 6. The second-order valence-corrected chi connectivity index (χ2v) is 16.1. The van der Waals surface area contributed by atoms with Gasteiger partial charge in [0.1, 0.15) is 29.8 Å². The third-order valence-electron chi connectivity index (χ3n) is 7.58. The van der Waals surface area contributed by atoms with Gasteiger partial charge < -0.3 is 40.0 Å². The summed E-state index contributed by atoms with van der Waals surface area (Å²) in [6.07, 6.45) is 1.46. The molecule has 0 spiro atoms. The highest BCUT2D eigenvalue weighted by Crippen LogP contribution is 2.58. The molecule has 0 saturated carbocycles. The topological polar surface area (TPSA) is 272 Å². The van der Waals surface area contributed by atoms with Crippen molar-refractivity contribution in [1.82, 2.24) is 39.0 Å². The van der Waals surface area contributed by atoms with E-state index in [0.29, 0.717) is 24.0 Å². The van der Waals surface area contributed by atoms with Gasteiger partial charge in [-0.25, -0.2) is 24.5 Å². The molecule has 2 bridgehead atoms. The molecule has 3 aliphatic rings. The first-order chi connectivity index (χ1) is 21.3. The maximum absolute atomic E-state index is 12.1. The summed E-state index contributed by atoms with van der Waals surface area (Å²) in [5.74, 6) is 0.115. The van der Waals surface area contributed by atoms with Crippen LogP contribution in [0.3, 0.4) is 0 Å². The van der Waals surface area contributed by atoms with Crippen LogP contribution in [0.4, 0.5) is 11.8 Å². The van der Waals surface area contributed by atoms with Crippen LogP contribution in [-0.4, -0.2) is 86.1 Å². The number of H-pyrrole nitrogens is 1. The summed E-state index contributed by atoms with van der Waals surface area (Å²) in [7, 11) is 0. The van der Waals surface area contributed by atoms with E-state index < -0.39 is 62.2 Å². The van der Waals surface area contributed by atoms with Gasteiger partial charge in [0.15, 0.2) is 35.1 Å². The minimum Gasteiger partial charge on any atom is -0.382 e. The van der Waals surface area contributed by atoms with Gasteiger partial charge in [-0.1, -0.05) is 12.2 Å². The smallest absolute Gasteiger partial charge is 0.382 e. The molecule has 7 N–H and O–H groups in total. The standard InChI is InChI=1S/C21H26N10O10P2S2/c22-14-12-15(25-6-24-14)31(8-26-12)18-10-3-21(40-18,5-37-42(33,34)44)19(39-10)41-43(35,45)36-4-9-1-2-11(38-9)30-7-27-13-16(30)28-20(23)29-17(13)32/h6-11,18-19H,1-5H2,(H,35,45)(H2,22,24,25)(H2,33,34,44)(H3,23,28,29,32)/t9-,10+,11+,18+,19?,21-,43?/m0/s1. The summed E-state index contributed by atoms with van der Waals surface area (Å²) in [5, 5.41) is 0. The van der Waals surface area contributed by atoms with Crippen LogP contribution in [0.2, 0.25) is 0 Å². The number of aromatic nitrogens is 8. The monoisotopic (exact) mass is 704 g/mol. The van der Waals surface area contributed by atoms with Gasteiger partial charge >= 0.3 is 13.5 Å². The van der Waals surface area contributed by atoms with E-state index in [1.165, 1.54) is 19.0 Å². The van der Waals surface area contributed by atoms with Crippen molar-refractivity contribution in [2.75, 3.05) is 24.7 Å². The predicted octanol–water partition coefficient (Wildman–Crippen LogP) is 0.481. The highest BCUT2D eigenvalue weighted by Gasteiger charge is 2.63. The molecule has 3 fully saturated rings. The van der Waals surface area contributed by atoms with Crippen LogP contribution in [0.15, 0.2) is 23.8 Å². The molecule has 0 amide bonds. The first kappa shape index (κ1) is 31.0. The Hall–Kier alpha value is -2.59. The molecule has 3 saturated heterocycles. The van der Waals surface area contributed by atoms with Crippen molar-refractivity contribution in [3.05, 3.63) is 29.3 Å². The molecule has 242 valence electrons. The second-order valence-electron chi connectivity index (χ2n) is 10.6. The summed E-state index contributed by atoms with van der Waals surface area (Å²) in [4.78, 5) is 55.8. The molecule has 24 heteroatoms. The van der Waals surface area contributed by atoms with Crippen LogP contribution in [0.5, 0.6) is 0 Å². The minimum atomic E-state index is -4.25. The van der Waals surface area contributed by atoms with Crippen LogP contribution in [0.25, 0.3) is 22.3 Å². The molecule has 8 atom stereocenters. The molecular weight excluding hydrogens is 678 g/mol. The first-order valence-electron chi connectivity index (χ1n) is 13.3. The summed E-state index contributed by atoms with van der Waals surface area (Å²) < 4.78 is 49.9. The average molecular weight is 705 g/mol. The lowest BCUT2D eigenvalue weighted by Crippen LogP contribution is -2.48. The number of aromatic amines is 1. The van der Waals surface area contributed by atoms with Crippen LogP contribution >= 0.6 is 25.8 Å². The number of nitrogens with zero attached hydrogens (tertiary/aromatic N) is 7. The van der Waals surface area contributed by atoms with Crippen molar-refractivity contribution in [3.63, 3.8) is 0 Å². The normalized spacial score (nSPS) is 30.7. The zero-order chi connectivity index (χ0) is 31.7. The summed E-state index contributed by atoms with van der Waals surface area (Å²) in [6, 6.07) is 0. The van der Waals surface area contributed by atoms with E-state index in [-0.39, 0.29) is 36.0 Å². The Morgan fingerprint density at radius 3 is 2.69 bits per heavy atom. The molecule has 4 aromatic rings. The lowest BCUT2D eigenvalue weighted by Gasteiger charge is -2.38. The van der Waals surface area contributed by atoms with Gasteiger partial charge in [0.05, 0.1) is 32.0 Å². The number of thiol groups is 1. The highest BCUT2D eigenvalue weighted by atomic mass is 32.7. The number of ether oxygens (including phenoxy) is 3. The lowest BCUT2D eigenvalue weighted by molar-refractivity contribution is -0.271. The van der Waals surface area contributed by atoms with Crippen LogP contribution in [-0.2, 0) is 44.2 Å². The molecule has 4 aromatic heterocycles. The molecule has 0 aliphatic carbocycles. The van der Waals surface area contributed by atoms with E-state index in [0.717, 1.165) is 0 Å². The number of hydrogen-bond acceptors (Lipinski definition) is 16. The van der Waals surface area contributed by atoms with Crippen molar-refractivity contribution < 1.29 is 42.1 Å². The predicted molar refractivity (Wildman–Crippen MR) is 160 cm³/mol. The molecule has 20 nitrogen and oxygen atoms in total. The van der Waals surface area contributed by atoms with E-state index in [4.69, 9.17) is 51.1 Å². The van der Waals surface area contributed by atoms with Gasteiger partial charge in [0.2, 0.25) is 5.95 Å². The average Bonchev–Trinajstić information content (AvgIpc) is 3.78. The fourth-order valence-electron chi connectivity index (χ4n) is 5.62. The summed E-state index contributed by atoms with van der Waals surface area (Å²) >= 11 is 8.86. The van der Waals surface area contributed by atoms with Gasteiger partial charge in [0, 0.05) is 6.42 Å². The van der Waals surface area contributed by atoms with Gasteiger partial charge in [0.25, 0.3) is 5.56 Å². The van der Waals surface area contributed by atoms with Gasteiger partial charge in [-0.15, -0.1) is 0 Å². The molecule has 0 aromatic carbocycles. The Morgan fingerprint density at radius 1 is 1.11 bits per heavy atom. The second kappa shape index (κ2) is 11.3. The molecule has 3 unspecified atom stereocenters. The number of rotatable bonds is 10. The van der Waals surface area contributed by atoms with E-state index in [9.17, 15) is 19.1 Å². The number of anilines is 2. The largest absolute Gasteiger partial charge is 0.383 e. The molecule has 0 radical (unpaired) electrons. The number of nitrogens with two attached hydrogens (primary N) is 2. The zero-order valence-corrected chi connectivity index (χ0v) is 26.3.